The number of nitro groups is 1. The lowest BCUT2D eigenvalue weighted by Crippen LogP contribution is -2.34. The van der Waals surface area contributed by atoms with Gasteiger partial charge >= 0.3 is 0 Å². The normalized spacial score (nSPS) is 19.2. The predicted octanol–water partition coefficient (Wildman–Crippen LogP) is 2.43. The highest BCUT2D eigenvalue weighted by atomic mass is 16.6. The Bertz CT molecular complexity index is 476. The molecule has 19 heavy (non-hydrogen) atoms. The van der Waals surface area contributed by atoms with Crippen LogP contribution >= 0.6 is 0 Å². The summed E-state index contributed by atoms with van der Waals surface area (Å²) in [7, 11) is 2.15. The number of nitro benzene ring substituents is 1. The van der Waals surface area contributed by atoms with Crippen molar-refractivity contribution < 1.29 is 4.92 Å². The Kier molecular flexibility index (Phi) is 4.04. The summed E-state index contributed by atoms with van der Waals surface area (Å²) in [5, 5.41) is 10.8. The van der Waals surface area contributed by atoms with Gasteiger partial charge < -0.3 is 9.80 Å². The zero-order valence-corrected chi connectivity index (χ0v) is 11.8. The quantitative estimate of drug-likeness (QED) is 0.618. The third-order valence-corrected chi connectivity index (χ3v) is 4.03. The highest BCUT2D eigenvalue weighted by Gasteiger charge is 2.25. The van der Waals surface area contributed by atoms with Crippen molar-refractivity contribution in [2.75, 3.05) is 31.6 Å². The maximum absolute atomic E-state index is 10.8. The van der Waals surface area contributed by atoms with Crippen LogP contribution in [0.2, 0.25) is 0 Å². The molecule has 2 rings (SSSR count). The van der Waals surface area contributed by atoms with Crippen LogP contribution in [0.1, 0.15) is 18.9 Å². The summed E-state index contributed by atoms with van der Waals surface area (Å²) in [4.78, 5) is 15.2. The summed E-state index contributed by atoms with van der Waals surface area (Å²) in [5.41, 5.74) is 2.02. The van der Waals surface area contributed by atoms with Crippen molar-refractivity contribution >= 4 is 11.4 Å². The highest BCUT2D eigenvalue weighted by Crippen LogP contribution is 2.27. The summed E-state index contributed by atoms with van der Waals surface area (Å²) in [6.45, 7) is 7.04. The maximum atomic E-state index is 10.8. The molecule has 0 bridgehead atoms. The summed E-state index contributed by atoms with van der Waals surface area (Å²) >= 11 is 0. The fraction of sp³-hybridized carbons (Fsp3) is 0.571. The summed E-state index contributed by atoms with van der Waals surface area (Å²) in [5.74, 6) is 0. The van der Waals surface area contributed by atoms with E-state index >= 15 is 0 Å². The van der Waals surface area contributed by atoms with Gasteiger partial charge in [0, 0.05) is 36.4 Å². The summed E-state index contributed by atoms with van der Waals surface area (Å²) in [6, 6.07) is 5.98. The van der Waals surface area contributed by atoms with Crippen molar-refractivity contribution in [1.82, 2.24) is 4.90 Å². The average Bonchev–Trinajstić information content (AvgIpc) is 2.86. The first-order chi connectivity index (χ1) is 9.02. The molecule has 1 aliphatic heterocycles. The molecule has 0 saturated carbocycles. The van der Waals surface area contributed by atoms with Gasteiger partial charge in [-0.15, -0.1) is 0 Å². The second-order valence-corrected chi connectivity index (χ2v) is 5.19. The highest BCUT2D eigenvalue weighted by molar-refractivity contribution is 5.56. The van der Waals surface area contributed by atoms with E-state index in [2.05, 4.69) is 23.8 Å². The zero-order chi connectivity index (χ0) is 14.0. The van der Waals surface area contributed by atoms with E-state index in [1.54, 1.807) is 13.0 Å². The molecule has 0 spiro atoms. The molecule has 1 atom stereocenters. The number of aryl methyl sites for hydroxylation is 1. The van der Waals surface area contributed by atoms with Gasteiger partial charge in [-0.25, -0.2) is 0 Å². The molecule has 1 saturated heterocycles. The lowest BCUT2D eigenvalue weighted by molar-refractivity contribution is -0.385. The lowest BCUT2D eigenvalue weighted by atomic mass is 10.1. The average molecular weight is 263 g/mol. The van der Waals surface area contributed by atoms with Crippen LogP contribution in [0.25, 0.3) is 0 Å². The van der Waals surface area contributed by atoms with Crippen LogP contribution < -0.4 is 4.90 Å². The largest absolute Gasteiger partial charge is 0.370 e. The predicted molar refractivity (Wildman–Crippen MR) is 76.8 cm³/mol. The molecular weight excluding hydrogens is 242 g/mol. The Morgan fingerprint density at radius 3 is 2.84 bits per heavy atom. The van der Waals surface area contributed by atoms with Crippen molar-refractivity contribution in [2.45, 2.75) is 26.3 Å². The third-order valence-electron chi connectivity index (χ3n) is 4.03. The van der Waals surface area contributed by atoms with Gasteiger partial charge in [0.1, 0.15) is 0 Å². The van der Waals surface area contributed by atoms with Gasteiger partial charge in [0.15, 0.2) is 0 Å². The second-order valence-electron chi connectivity index (χ2n) is 5.19. The van der Waals surface area contributed by atoms with Gasteiger partial charge in [0.05, 0.1) is 4.92 Å². The topological polar surface area (TPSA) is 49.6 Å². The summed E-state index contributed by atoms with van der Waals surface area (Å²) < 4.78 is 0. The third kappa shape index (κ3) is 2.87. The number of likely N-dealkylation sites (N-methyl/N-ethyl adjacent to an activating group) is 1. The van der Waals surface area contributed by atoms with Gasteiger partial charge in [0.2, 0.25) is 0 Å². The molecule has 1 aromatic carbocycles. The number of hydrogen-bond donors (Lipinski definition) is 0. The van der Waals surface area contributed by atoms with E-state index in [9.17, 15) is 10.1 Å². The van der Waals surface area contributed by atoms with Crippen molar-refractivity contribution in [3.8, 4) is 0 Å². The molecule has 0 aliphatic carbocycles. The van der Waals surface area contributed by atoms with E-state index in [4.69, 9.17) is 0 Å². The molecule has 0 N–H and O–H groups in total. The van der Waals surface area contributed by atoms with Crippen LogP contribution in [0, 0.1) is 17.0 Å². The minimum Gasteiger partial charge on any atom is -0.370 e. The minimum atomic E-state index is -0.323. The van der Waals surface area contributed by atoms with Crippen LogP contribution in [-0.2, 0) is 0 Å². The van der Waals surface area contributed by atoms with Crippen molar-refractivity contribution in [1.29, 1.82) is 0 Å². The molecule has 0 amide bonds. The Hall–Kier alpha value is -1.62. The standard InChI is InChI=1S/C14H21N3O2/c1-4-15(3)13-7-8-16(10-13)12-5-6-14(17(18)19)11(2)9-12/h5-6,9,13H,4,7-8,10H2,1-3H3. The van der Waals surface area contributed by atoms with E-state index in [1.165, 1.54) is 0 Å². The van der Waals surface area contributed by atoms with Crippen molar-refractivity contribution in [3.05, 3.63) is 33.9 Å². The molecule has 1 heterocycles. The first kappa shape index (κ1) is 13.8. The van der Waals surface area contributed by atoms with Crippen molar-refractivity contribution in [3.63, 3.8) is 0 Å². The van der Waals surface area contributed by atoms with Crippen LogP contribution in [0.4, 0.5) is 11.4 Å². The van der Waals surface area contributed by atoms with Crippen LogP contribution in [0.15, 0.2) is 18.2 Å². The SMILES string of the molecule is CCN(C)C1CCN(c2ccc([N+](=O)[O-])c(C)c2)C1. The number of benzene rings is 1. The number of nitrogens with zero attached hydrogens (tertiary/aromatic N) is 3. The summed E-state index contributed by atoms with van der Waals surface area (Å²) in [6.07, 6.45) is 1.15. The van der Waals surface area contributed by atoms with Crippen molar-refractivity contribution in [2.24, 2.45) is 0 Å². The molecule has 0 aromatic heterocycles. The van der Waals surface area contributed by atoms with E-state index in [-0.39, 0.29) is 10.6 Å². The lowest BCUT2D eigenvalue weighted by Gasteiger charge is -2.24. The minimum absolute atomic E-state index is 0.199. The molecule has 0 radical (unpaired) electrons. The second kappa shape index (κ2) is 5.57. The molecular formula is C14H21N3O2. The number of anilines is 1. The maximum Gasteiger partial charge on any atom is 0.272 e. The van der Waals surface area contributed by atoms with E-state index < -0.39 is 0 Å². The van der Waals surface area contributed by atoms with Gasteiger partial charge in [-0.05, 0) is 39.1 Å². The van der Waals surface area contributed by atoms with Crippen LogP contribution in [0.3, 0.4) is 0 Å². The Morgan fingerprint density at radius 2 is 2.26 bits per heavy atom. The van der Waals surface area contributed by atoms with E-state index in [1.807, 2.05) is 12.1 Å². The Morgan fingerprint density at radius 1 is 1.53 bits per heavy atom. The number of rotatable bonds is 4. The van der Waals surface area contributed by atoms with Gasteiger partial charge in [-0.1, -0.05) is 6.92 Å². The fourth-order valence-electron chi connectivity index (χ4n) is 2.64. The molecule has 1 aliphatic rings. The molecule has 5 heteroatoms. The first-order valence-corrected chi connectivity index (χ1v) is 6.73. The molecule has 1 fully saturated rings. The van der Waals surface area contributed by atoms with Crippen LogP contribution in [-0.4, -0.2) is 42.5 Å². The Labute approximate surface area is 114 Å². The fourth-order valence-corrected chi connectivity index (χ4v) is 2.64. The molecule has 1 unspecified atom stereocenters. The van der Waals surface area contributed by atoms with Gasteiger partial charge in [-0.3, -0.25) is 10.1 Å². The first-order valence-electron chi connectivity index (χ1n) is 6.73. The molecule has 1 aromatic rings. The monoisotopic (exact) mass is 263 g/mol. The number of hydrogen-bond acceptors (Lipinski definition) is 4. The molecule has 104 valence electrons. The van der Waals surface area contributed by atoms with E-state index in [0.717, 1.165) is 37.3 Å². The van der Waals surface area contributed by atoms with E-state index in [0.29, 0.717) is 6.04 Å². The smallest absolute Gasteiger partial charge is 0.272 e. The van der Waals surface area contributed by atoms with Gasteiger partial charge in [-0.2, -0.15) is 0 Å². The van der Waals surface area contributed by atoms with Gasteiger partial charge in [0.25, 0.3) is 5.69 Å². The molecule has 5 nitrogen and oxygen atoms in total. The van der Waals surface area contributed by atoms with Crippen LogP contribution in [0.5, 0.6) is 0 Å². The zero-order valence-electron chi connectivity index (χ0n) is 11.8. The Balaban J connectivity index is 2.12.